The van der Waals surface area contributed by atoms with Crippen LogP contribution < -0.4 is 5.32 Å². The van der Waals surface area contributed by atoms with Crippen LogP contribution in [0.25, 0.3) is 0 Å². The molecular weight excluding hydrogens is 326 g/mol. The van der Waals surface area contributed by atoms with Crippen LogP contribution in [-0.2, 0) is 17.6 Å². The minimum absolute atomic E-state index is 0.0561. The predicted octanol–water partition coefficient (Wildman–Crippen LogP) is 4.02. The van der Waals surface area contributed by atoms with Crippen LogP contribution >= 0.6 is 11.6 Å². The number of esters is 1. The molecule has 2 aromatic rings. The molecule has 0 saturated carbocycles. The van der Waals surface area contributed by atoms with E-state index in [0.29, 0.717) is 5.82 Å². The number of hydrogen-bond acceptors (Lipinski definition) is 5. The number of pyridine rings is 1. The summed E-state index contributed by atoms with van der Waals surface area (Å²) in [5.74, 6) is -0.231. The molecule has 0 atom stereocenters. The Bertz CT molecular complexity index is 843. The number of nitrogens with zero attached hydrogens (tertiary/aromatic N) is 2. The van der Waals surface area contributed by atoms with Gasteiger partial charge in [0, 0.05) is 5.69 Å². The molecule has 1 aliphatic rings. The molecule has 0 spiro atoms. The minimum atomic E-state index is -0.534. The zero-order valence-electron chi connectivity index (χ0n) is 13.2. The summed E-state index contributed by atoms with van der Waals surface area (Å²) in [7, 11) is 0. The topological polar surface area (TPSA) is 75.0 Å². The van der Waals surface area contributed by atoms with Crippen LogP contribution in [0.1, 0.15) is 40.4 Å². The number of nitriles is 1. The number of aryl methyl sites for hydroxylation is 1. The maximum atomic E-state index is 12.2. The van der Waals surface area contributed by atoms with Crippen LogP contribution in [0.3, 0.4) is 0 Å². The van der Waals surface area contributed by atoms with E-state index in [1.807, 2.05) is 18.2 Å². The van der Waals surface area contributed by atoms with Gasteiger partial charge in [-0.2, -0.15) is 5.26 Å². The second-order valence-corrected chi connectivity index (χ2v) is 5.83. The summed E-state index contributed by atoms with van der Waals surface area (Å²) in [5.41, 5.74) is 3.79. The number of ether oxygens (including phenoxy) is 1. The molecule has 1 aliphatic carbocycles. The number of rotatable bonds is 4. The Morgan fingerprint density at radius 3 is 3.04 bits per heavy atom. The van der Waals surface area contributed by atoms with Gasteiger partial charge >= 0.3 is 5.97 Å². The summed E-state index contributed by atoms with van der Waals surface area (Å²) in [4.78, 5) is 16.4. The summed E-state index contributed by atoms with van der Waals surface area (Å²) >= 11 is 6.04. The van der Waals surface area contributed by atoms with Gasteiger partial charge in [-0.1, -0.05) is 23.7 Å². The largest absolute Gasteiger partial charge is 0.462 e. The van der Waals surface area contributed by atoms with Crippen molar-refractivity contribution in [2.75, 3.05) is 11.9 Å². The molecule has 0 radical (unpaired) electrons. The average Bonchev–Trinajstić information content (AvgIpc) is 3.05. The number of carbonyl (C=O) groups is 1. The first-order valence-corrected chi connectivity index (χ1v) is 8.17. The van der Waals surface area contributed by atoms with Crippen LogP contribution in [0, 0.1) is 11.3 Å². The van der Waals surface area contributed by atoms with Crippen LogP contribution in [-0.4, -0.2) is 17.6 Å². The van der Waals surface area contributed by atoms with Gasteiger partial charge < -0.3 is 10.1 Å². The molecule has 6 heteroatoms. The molecule has 1 aromatic carbocycles. The van der Waals surface area contributed by atoms with E-state index in [9.17, 15) is 4.79 Å². The van der Waals surface area contributed by atoms with Crippen molar-refractivity contribution < 1.29 is 9.53 Å². The lowest BCUT2D eigenvalue weighted by Crippen LogP contribution is -2.11. The van der Waals surface area contributed by atoms with E-state index in [1.165, 1.54) is 17.2 Å². The molecule has 0 fully saturated rings. The Labute approximate surface area is 145 Å². The predicted molar refractivity (Wildman–Crippen MR) is 91.7 cm³/mol. The lowest BCUT2D eigenvalue weighted by molar-refractivity contribution is 0.0527. The normalized spacial score (nSPS) is 12.4. The highest BCUT2D eigenvalue weighted by Gasteiger charge is 2.20. The van der Waals surface area contributed by atoms with Gasteiger partial charge in [0.25, 0.3) is 0 Å². The highest BCUT2D eigenvalue weighted by Crippen LogP contribution is 2.32. The van der Waals surface area contributed by atoms with Crippen molar-refractivity contribution in [3.63, 3.8) is 0 Å². The van der Waals surface area contributed by atoms with Crippen LogP contribution in [0.2, 0.25) is 5.15 Å². The smallest absolute Gasteiger partial charge is 0.341 e. The van der Waals surface area contributed by atoms with Gasteiger partial charge in [-0.3, -0.25) is 0 Å². The number of anilines is 2. The van der Waals surface area contributed by atoms with E-state index in [1.54, 1.807) is 6.92 Å². The molecule has 0 amide bonds. The average molecular weight is 342 g/mol. The Morgan fingerprint density at radius 2 is 2.29 bits per heavy atom. The number of carbonyl (C=O) groups excluding carboxylic acids is 1. The molecule has 122 valence electrons. The summed E-state index contributed by atoms with van der Waals surface area (Å²) in [5, 5.41) is 12.4. The van der Waals surface area contributed by atoms with Crippen molar-refractivity contribution >= 4 is 29.1 Å². The number of fused-ring (bicyclic) bond motifs is 1. The van der Waals surface area contributed by atoms with E-state index in [-0.39, 0.29) is 22.9 Å². The Morgan fingerprint density at radius 1 is 1.46 bits per heavy atom. The summed E-state index contributed by atoms with van der Waals surface area (Å²) in [6, 6.07) is 9.39. The molecule has 0 unspecified atom stereocenters. The molecular formula is C18H16ClN3O2. The molecule has 1 heterocycles. The van der Waals surface area contributed by atoms with Crippen LogP contribution in [0.15, 0.2) is 24.3 Å². The number of benzene rings is 1. The monoisotopic (exact) mass is 341 g/mol. The van der Waals surface area contributed by atoms with Gasteiger partial charge in [0.2, 0.25) is 0 Å². The highest BCUT2D eigenvalue weighted by molar-refractivity contribution is 6.30. The zero-order valence-corrected chi connectivity index (χ0v) is 14.0. The van der Waals surface area contributed by atoms with Crippen LogP contribution in [0.5, 0.6) is 0 Å². The maximum absolute atomic E-state index is 12.2. The van der Waals surface area contributed by atoms with E-state index in [0.717, 1.165) is 24.9 Å². The fraction of sp³-hybridized carbons (Fsp3) is 0.278. The number of hydrogen-bond donors (Lipinski definition) is 1. The van der Waals surface area contributed by atoms with Crippen molar-refractivity contribution in [3.05, 3.63) is 51.7 Å². The maximum Gasteiger partial charge on any atom is 0.341 e. The first-order valence-electron chi connectivity index (χ1n) is 7.79. The van der Waals surface area contributed by atoms with Crippen molar-refractivity contribution in [2.24, 2.45) is 0 Å². The Hall–Kier alpha value is -2.58. The van der Waals surface area contributed by atoms with E-state index < -0.39 is 5.97 Å². The SMILES string of the molecule is CCOC(=O)c1cc(C#N)c(Cl)nc1Nc1cccc2c1CCC2. The summed E-state index contributed by atoms with van der Waals surface area (Å²) in [6.07, 6.45) is 3.15. The molecule has 1 N–H and O–H groups in total. The third-order valence-electron chi connectivity index (χ3n) is 3.99. The zero-order chi connectivity index (χ0) is 17.1. The molecule has 0 bridgehead atoms. The minimum Gasteiger partial charge on any atom is -0.462 e. The third kappa shape index (κ3) is 3.06. The summed E-state index contributed by atoms with van der Waals surface area (Å²) in [6.45, 7) is 1.97. The summed E-state index contributed by atoms with van der Waals surface area (Å²) < 4.78 is 5.07. The molecule has 24 heavy (non-hydrogen) atoms. The van der Waals surface area contributed by atoms with Crippen molar-refractivity contribution in [3.8, 4) is 6.07 Å². The molecule has 3 rings (SSSR count). The van der Waals surface area contributed by atoms with Gasteiger partial charge in [-0.15, -0.1) is 0 Å². The van der Waals surface area contributed by atoms with E-state index >= 15 is 0 Å². The third-order valence-corrected chi connectivity index (χ3v) is 4.28. The fourth-order valence-corrected chi connectivity index (χ4v) is 3.07. The highest BCUT2D eigenvalue weighted by atomic mass is 35.5. The fourth-order valence-electron chi connectivity index (χ4n) is 2.89. The Balaban J connectivity index is 2.04. The second-order valence-electron chi connectivity index (χ2n) is 5.48. The van der Waals surface area contributed by atoms with Gasteiger partial charge in [-0.05, 0) is 49.4 Å². The quantitative estimate of drug-likeness (QED) is 0.671. The van der Waals surface area contributed by atoms with Crippen molar-refractivity contribution in [1.29, 1.82) is 5.26 Å². The van der Waals surface area contributed by atoms with E-state index in [2.05, 4.69) is 16.4 Å². The van der Waals surface area contributed by atoms with Crippen molar-refractivity contribution in [1.82, 2.24) is 4.98 Å². The Kier molecular flexibility index (Phi) is 4.68. The molecule has 0 aliphatic heterocycles. The second kappa shape index (κ2) is 6.90. The van der Waals surface area contributed by atoms with Crippen LogP contribution in [0.4, 0.5) is 11.5 Å². The number of nitrogens with one attached hydrogen (secondary N) is 1. The van der Waals surface area contributed by atoms with Crippen molar-refractivity contribution in [2.45, 2.75) is 26.2 Å². The lowest BCUT2D eigenvalue weighted by Gasteiger charge is -2.14. The molecule has 0 saturated heterocycles. The first kappa shape index (κ1) is 16.3. The molecule has 5 nitrogen and oxygen atoms in total. The molecule has 1 aromatic heterocycles. The number of aromatic nitrogens is 1. The lowest BCUT2D eigenvalue weighted by atomic mass is 10.1. The van der Waals surface area contributed by atoms with Gasteiger partial charge in [0.1, 0.15) is 22.6 Å². The standard InChI is InChI=1S/C18H16ClN3O2/c1-2-24-18(23)14-9-12(10-20)16(19)22-17(14)21-15-8-4-6-11-5-3-7-13(11)15/h4,6,8-9H,2-3,5,7H2,1H3,(H,21,22). The van der Waals surface area contributed by atoms with Gasteiger partial charge in [0.05, 0.1) is 12.2 Å². The van der Waals surface area contributed by atoms with Gasteiger partial charge in [0.15, 0.2) is 0 Å². The number of halogens is 1. The van der Waals surface area contributed by atoms with E-state index in [4.69, 9.17) is 21.6 Å². The van der Waals surface area contributed by atoms with Gasteiger partial charge in [-0.25, -0.2) is 9.78 Å². The first-order chi connectivity index (χ1) is 11.6.